The van der Waals surface area contributed by atoms with Crippen LogP contribution in [0.1, 0.15) is 10.4 Å². The van der Waals surface area contributed by atoms with Gasteiger partial charge in [-0.25, -0.2) is 4.79 Å². The zero-order valence-electron chi connectivity index (χ0n) is 8.88. The van der Waals surface area contributed by atoms with Gasteiger partial charge in [0, 0.05) is 8.51 Å². The van der Waals surface area contributed by atoms with E-state index in [2.05, 4.69) is 13.8 Å². The number of H-pyrrole nitrogens is 1. The first-order valence-electron chi connectivity index (χ1n) is 4.62. The zero-order valence-corrected chi connectivity index (χ0v) is 11.8. The molecule has 90 valence electrons. The summed E-state index contributed by atoms with van der Waals surface area (Å²) >= 11 is 0. The van der Waals surface area contributed by atoms with Crippen molar-refractivity contribution < 1.29 is 14.4 Å². The molecular formula is C8H10N3O3P3. The summed E-state index contributed by atoms with van der Waals surface area (Å²) in [5.74, 6) is 0.312. The van der Waals surface area contributed by atoms with Gasteiger partial charge in [0.1, 0.15) is 0 Å². The number of rotatable bonds is 3. The first-order chi connectivity index (χ1) is 8.29. The summed E-state index contributed by atoms with van der Waals surface area (Å²) in [6, 6.07) is 6.78. The molecule has 17 heavy (non-hydrogen) atoms. The van der Waals surface area contributed by atoms with E-state index in [9.17, 15) is 4.79 Å². The van der Waals surface area contributed by atoms with Gasteiger partial charge in [0.05, 0.1) is 21.2 Å². The molecule has 0 aliphatic heterocycles. The number of esters is 1. The van der Waals surface area contributed by atoms with Crippen molar-refractivity contribution in [1.29, 1.82) is 0 Å². The van der Waals surface area contributed by atoms with E-state index in [4.69, 9.17) is 4.84 Å². The summed E-state index contributed by atoms with van der Waals surface area (Å²) in [6.07, 6.45) is 0. The molecule has 2 rings (SSSR count). The van der Waals surface area contributed by atoms with Gasteiger partial charge in [-0.1, -0.05) is 0 Å². The molecule has 0 fully saturated rings. The summed E-state index contributed by atoms with van der Waals surface area (Å²) in [7, 11) is 2.98. The lowest BCUT2D eigenvalue weighted by Gasteiger charge is -2.06. The predicted octanol–water partition coefficient (Wildman–Crippen LogP) is 2.61. The Morgan fingerprint density at radius 3 is 2.82 bits per heavy atom. The third-order valence-electron chi connectivity index (χ3n) is 1.85. The van der Waals surface area contributed by atoms with Gasteiger partial charge in [0.2, 0.25) is 0 Å². The van der Waals surface area contributed by atoms with Crippen LogP contribution in [0.25, 0.3) is 0 Å². The number of aromatic amines is 1. The molecule has 1 N–H and O–H groups in total. The van der Waals surface area contributed by atoms with Crippen molar-refractivity contribution in [3.63, 3.8) is 0 Å². The fraction of sp³-hybridized carbons (Fsp3) is 0.125. The summed E-state index contributed by atoms with van der Waals surface area (Å²) in [5, 5.41) is 0. The maximum atomic E-state index is 11.2. The summed E-state index contributed by atoms with van der Waals surface area (Å²) < 4.78 is 13.5. The molecule has 0 aliphatic carbocycles. The molecule has 0 radical (unpaired) electrons. The lowest BCUT2D eigenvalue weighted by Crippen LogP contribution is -2.02. The SMILES string of the molecule is COC(=O)c1ccc(On2pn[pH][nH][pH]2)cc1. The monoisotopic (exact) mass is 289 g/mol. The molecule has 0 bridgehead atoms. The molecule has 9 heteroatoms. The Balaban J connectivity index is 2.11. The molecule has 0 saturated carbocycles. The minimum atomic E-state index is -0.354. The van der Waals surface area contributed by atoms with E-state index >= 15 is 0 Å². The molecule has 1 aromatic carbocycles. The molecule has 0 spiro atoms. The fourth-order valence-corrected chi connectivity index (χ4v) is 4.14. The molecule has 1 aromatic heterocycles. The quantitative estimate of drug-likeness (QED) is 0.882. The summed E-state index contributed by atoms with van der Waals surface area (Å²) in [5.41, 5.74) is 0.503. The van der Waals surface area contributed by atoms with Gasteiger partial charge in [-0.2, -0.15) is 4.51 Å². The molecule has 2 atom stereocenters. The van der Waals surface area contributed by atoms with E-state index in [-0.39, 0.29) is 5.97 Å². The molecular weight excluding hydrogens is 279 g/mol. The molecule has 1 heterocycles. The number of ether oxygens (including phenoxy) is 1. The van der Waals surface area contributed by atoms with Crippen molar-refractivity contribution in [3.05, 3.63) is 29.8 Å². The Morgan fingerprint density at radius 1 is 1.47 bits per heavy atom. The fourth-order valence-electron chi connectivity index (χ4n) is 1.09. The Hall–Kier alpha value is -1.21. The summed E-state index contributed by atoms with van der Waals surface area (Å²) in [6.45, 7) is 0. The highest BCUT2D eigenvalue weighted by Gasteiger charge is 2.04. The van der Waals surface area contributed by atoms with Gasteiger partial charge in [0.15, 0.2) is 14.3 Å². The van der Waals surface area contributed by atoms with Gasteiger partial charge >= 0.3 is 5.97 Å². The smallest absolute Gasteiger partial charge is 0.337 e. The number of nitrogens with zero attached hydrogens (tertiary/aromatic N) is 2. The van der Waals surface area contributed by atoms with Crippen LogP contribution in [-0.2, 0) is 4.74 Å². The molecule has 2 unspecified atom stereocenters. The van der Waals surface area contributed by atoms with Crippen LogP contribution < -0.4 is 4.84 Å². The number of benzene rings is 1. The predicted molar refractivity (Wildman–Crippen MR) is 69.5 cm³/mol. The van der Waals surface area contributed by atoms with E-state index in [0.29, 0.717) is 28.3 Å². The second-order valence-electron chi connectivity index (χ2n) is 2.92. The molecule has 0 saturated heterocycles. The number of carbonyl (C=O) groups excluding carboxylic acids is 1. The van der Waals surface area contributed by atoms with Crippen molar-refractivity contribution >= 4 is 31.5 Å². The topological polar surface area (TPSA) is 69.1 Å². The van der Waals surface area contributed by atoms with Crippen LogP contribution in [0.15, 0.2) is 24.3 Å². The van der Waals surface area contributed by atoms with E-state index in [1.807, 2.05) is 0 Å². The number of carbonyl (C=O) groups is 1. The van der Waals surface area contributed by atoms with Crippen LogP contribution in [-0.4, -0.2) is 26.4 Å². The van der Waals surface area contributed by atoms with Crippen LogP contribution in [0, 0.1) is 0 Å². The second kappa shape index (κ2) is 5.92. The molecule has 0 aliphatic rings. The number of hydrogen-bond donors (Lipinski definition) is 1. The first-order valence-corrected chi connectivity index (χ1v) is 7.32. The van der Waals surface area contributed by atoms with Crippen molar-refractivity contribution in [2.75, 3.05) is 7.11 Å². The van der Waals surface area contributed by atoms with Crippen molar-refractivity contribution in [2.24, 2.45) is 0 Å². The summed E-state index contributed by atoms with van der Waals surface area (Å²) in [4.78, 5) is 16.8. The van der Waals surface area contributed by atoms with Crippen molar-refractivity contribution in [1.82, 2.24) is 13.3 Å². The van der Waals surface area contributed by atoms with E-state index in [0.717, 1.165) is 8.51 Å². The number of methoxy groups -OCH3 is 1. The van der Waals surface area contributed by atoms with E-state index in [1.54, 1.807) is 28.5 Å². The highest BCUT2D eigenvalue weighted by atomic mass is 31.1. The molecule has 6 nitrogen and oxygen atoms in total. The zero-order chi connectivity index (χ0) is 12.1. The van der Waals surface area contributed by atoms with Crippen LogP contribution >= 0.6 is 25.5 Å². The lowest BCUT2D eigenvalue weighted by atomic mass is 10.2. The Kier molecular flexibility index (Phi) is 4.27. The minimum absolute atomic E-state index is 0.354. The lowest BCUT2D eigenvalue weighted by molar-refractivity contribution is 0.0600. The first kappa shape index (κ1) is 12.3. The third kappa shape index (κ3) is 3.37. The van der Waals surface area contributed by atoms with Gasteiger partial charge in [-0.3, -0.25) is 0 Å². The second-order valence-corrected chi connectivity index (χ2v) is 6.49. The molecule has 2 aromatic rings. The highest BCUT2D eigenvalue weighted by Crippen LogP contribution is 2.18. The van der Waals surface area contributed by atoms with Crippen LogP contribution in [0.3, 0.4) is 0 Å². The Labute approximate surface area is 102 Å². The van der Waals surface area contributed by atoms with Gasteiger partial charge < -0.3 is 14.1 Å². The van der Waals surface area contributed by atoms with Crippen LogP contribution in [0.5, 0.6) is 5.75 Å². The third-order valence-corrected chi connectivity index (χ3v) is 4.60. The van der Waals surface area contributed by atoms with Crippen LogP contribution in [0.4, 0.5) is 0 Å². The maximum absolute atomic E-state index is 11.2. The normalized spacial score (nSPS) is 11.1. The number of hydrogen-bond acceptors (Lipinski definition) is 4. The Morgan fingerprint density at radius 2 is 2.24 bits per heavy atom. The average molecular weight is 289 g/mol. The van der Waals surface area contributed by atoms with Crippen LogP contribution in [0.2, 0.25) is 0 Å². The van der Waals surface area contributed by atoms with E-state index < -0.39 is 0 Å². The standard InChI is InChI=1S/C8H10N3O3P3/c1-13-8(12)6-2-4-7(5-3-6)14-11-16-9-15-10-17-11/h2-5,9,15-16H,1H3. The van der Waals surface area contributed by atoms with E-state index in [1.165, 1.54) is 7.11 Å². The molecule has 0 amide bonds. The average Bonchev–Trinajstić information content (AvgIpc) is 2.40. The van der Waals surface area contributed by atoms with Gasteiger partial charge in [-0.05, 0) is 24.3 Å². The number of nitrogens with one attached hydrogen (secondary N) is 1. The largest absolute Gasteiger partial charge is 0.465 e. The Bertz CT molecular complexity index is 508. The minimum Gasteiger partial charge on any atom is -0.465 e. The van der Waals surface area contributed by atoms with Gasteiger partial charge in [0.25, 0.3) is 0 Å². The van der Waals surface area contributed by atoms with Gasteiger partial charge in [-0.15, -0.1) is 4.26 Å². The van der Waals surface area contributed by atoms with Crippen molar-refractivity contribution in [2.45, 2.75) is 0 Å². The maximum Gasteiger partial charge on any atom is 0.337 e. The highest BCUT2D eigenvalue weighted by molar-refractivity contribution is 7.44. The number of aromatic nitrogens is 3. The van der Waals surface area contributed by atoms with Crippen molar-refractivity contribution in [3.8, 4) is 5.75 Å².